The molecule has 0 spiro atoms. The lowest BCUT2D eigenvalue weighted by molar-refractivity contribution is 0.101. The molecule has 2 heterocycles. The van der Waals surface area contributed by atoms with Crippen LogP contribution in [0.4, 0.5) is 5.69 Å². The summed E-state index contributed by atoms with van der Waals surface area (Å²) in [5, 5.41) is 10.8. The summed E-state index contributed by atoms with van der Waals surface area (Å²) >= 11 is 3.39. The maximum atomic E-state index is 12.4. The van der Waals surface area contributed by atoms with Crippen molar-refractivity contribution in [2.75, 3.05) is 5.32 Å². The molecule has 2 aromatic heterocycles. The Kier molecular flexibility index (Phi) is 3.31. The van der Waals surface area contributed by atoms with Crippen molar-refractivity contribution in [2.24, 2.45) is 0 Å². The van der Waals surface area contributed by atoms with Crippen LogP contribution in [0.3, 0.4) is 0 Å². The Morgan fingerprint density at radius 1 is 1.50 bits per heavy atom. The maximum Gasteiger partial charge on any atom is 0.272 e. The van der Waals surface area contributed by atoms with Crippen LogP contribution in [0.25, 0.3) is 10.9 Å². The lowest BCUT2D eigenvalue weighted by atomic mass is 10.2. The number of anilines is 1. The van der Waals surface area contributed by atoms with Crippen LogP contribution >= 0.6 is 15.9 Å². The van der Waals surface area contributed by atoms with Crippen molar-refractivity contribution in [1.29, 1.82) is 0 Å². The number of carbonyl (C=O) groups is 1. The van der Waals surface area contributed by atoms with Crippen LogP contribution in [-0.2, 0) is 6.54 Å². The number of nitrogens with one attached hydrogen (secondary N) is 2. The summed E-state index contributed by atoms with van der Waals surface area (Å²) in [6, 6.07) is 7.50. The predicted molar refractivity (Wildman–Crippen MR) is 81.9 cm³/mol. The molecule has 0 bridgehead atoms. The smallest absolute Gasteiger partial charge is 0.272 e. The maximum absolute atomic E-state index is 12.4. The van der Waals surface area contributed by atoms with E-state index in [4.69, 9.17) is 0 Å². The van der Waals surface area contributed by atoms with Crippen LogP contribution in [0.1, 0.15) is 17.4 Å². The minimum absolute atomic E-state index is 0.139. The number of para-hydroxylation sites is 1. The SMILES string of the molecule is CCn1cc(Br)cc1C(=O)Nc1cccc2cn[nH]c12. The molecule has 0 aliphatic rings. The molecule has 0 unspecified atom stereocenters. The number of aromatic nitrogens is 3. The van der Waals surface area contributed by atoms with Gasteiger partial charge in [0.2, 0.25) is 0 Å². The molecule has 0 aliphatic carbocycles. The van der Waals surface area contributed by atoms with Gasteiger partial charge in [0.25, 0.3) is 5.91 Å². The first-order valence-electron chi connectivity index (χ1n) is 6.28. The number of hydrogen-bond acceptors (Lipinski definition) is 2. The molecule has 0 aliphatic heterocycles. The van der Waals surface area contributed by atoms with Crippen LogP contribution in [0.5, 0.6) is 0 Å². The number of rotatable bonds is 3. The highest BCUT2D eigenvalue weighted by molar-refractivity contribution is 9.10. The molecule has 1 amide bonds. The van der Waals surface area contributed by atoms with Gasteiger partial charge in [-0.2, -0.15) is 5.10 Å². The number of amides is 1. The molecule has 0 saturated carbocycles. The average Bonchev–Trinajstić information content (AvgIpc) is 3.05. The van der Waals surface area contributed by atoms with E-state index >= 15 is 0 Å². The number of H-pyrrole nitrogens is 1. The molecular weight excluding hydrogens is 320 g/mol. The molecule has 0 fully saturated rings. The first kappa shape index (κ1) is 12.9. The quantitative estimate of drug-likeness (QED) is 0.772. The Hall–Kier alpha value is -2.08. The molecule has 102 valence electrons. The van der Waals surface area contributed by atoms with E-state index in [0.717, 1.165) is 27.6 Å². The zero-order valence-corrected chi connectivity index (χ0v) is 12.4. The number of nitrogens with zero attached hydrogens (tertiary/aromatic N) is 2. The van der Waals surface area contributed by atoms with Gasteiger partial charge in [-0.1, -0.05) is 12.1 Å². The van der Waals surface area contributed by atoms with Crippen molar-refractivity contribution in [3.8, 4) is 0 Å². The molecule has 2 N–H and O–H groups in total. The molecule has 3 aromatic rings. The van der Waals surface area contributed by atoms with Gasteiger partial charge in [-0.3, -0.25) is 9.89 Å². The molecule has 0 radical (unpaired) electrons. The molecule has 0 saturated heterocycles. The largest absolute Gasteiger partial charge is 0.343 e. The second-order valence-electron chi connectivity index (χ2n) is 4.42. The highest BCUT2D eigenvalue weighted by Crippen LogP contribution is 2.22. The fraction of sp³-hybridized carbons (Fsp3) is 0.143. The number of benzene rings is 1. The van der Waals surface area contributed by atoms with Gasteiger partial charge in [-0.05, 0) is 35.0 Å². The van der Waals surface area contributed by atoms with E-state index in [1.807, 2.05) is 42.0 Å². The summed E-state index contributed by atoms with van der Waals surface area (Å²) in [6.07, 6.45) is 3.63. The van der Waals surface area contributed by atoms with E-state index in [0.29, 0.717) is 5.69 Å². The van der Waals surface area contributed by atoms with Crippen LogP contribution in [-0.4, -0.2) is 20.7 Å². The summed E-state index contributed by atoms with van der Waals surface area (Å²) in [7, 11) is 0. The summed E-state index contributed by atoms with van der Waals surface area (Å²) in [4.78, 5) is 12.4. The third-order valence-corrected chi connectivity index (χ3v) is 3.60. The van der Waals surface area contributed by atoms with Gasteiger partial charge in [0.1, 0.15) is 5.69 Å². The molecule has 3 rings (SSSR count). The van der Waals surface area contributed by atoms with Gasteiger partial charge >= 0.3 is 0 Å². The molecular formula is C14H13BrN4O. The Morgan fingerprint density at radius 2 is 2.35 bits per heavy atom. The van der Waals surface area contributed by atoms with Gasteiger partial charge in [-0.15, -0.1) is 0 Å². The summed E-state index contributed by atoms with van der Waals surface area (Å²) in [6.45, 7) is 2.74. The number of carbonyl (C=O) groups excluding carboxylic acids is 1. The van der Waals surface area contributed by atoms with E-state index in [2.05, 4.69) is 31.4 Å². The van der Waals surface area contributed by atoms with E-state index in [1.165, 1.54) is 0 Å². The van der Waals surface area contributed by atoms with Crippen LogP contribution < -0.4 is 5.32 Å². The molecule has 0 atom stereocenters. The number of fused-ring (bicyclic) bond motifs is 1. The fourth-order valence-corrected chi connectivity index (χ4v) is 2.65. The van der Waals surface area contributed by atoms with Crippen LogP contribution in [0.2, 0.25) is 0 Å². The summed E-state index contributed by atoms with van der Waals surface area (Å²) in [5.74, 6) is -0.139. The summed E-state index contributed by atoms with van der Waals surface area (Å²) in [5.41, 5.74) is 2.18. The van der Waals surface area contributed by atoms with Crippen LogP contribution in [0, 0.1) is 0 Å². The number of hydrogen-bond donors (Lipinski definition) is 2. The van der Waals surface area contributed by atoms with E-state index in [-0.39, 0.29) is 5.91 Å². The molecule has 6 heteroatoms. The van der Waals surface area contributed by atoms with E-state index in [1.54, 1.807) is 6.20 Å². The molecule has 1 aromatic carbocycles. The second kappa shape index (κ2) is 5.13. The Balaban J connectivity index is 1.94. The Bertz CT molecular complexity index is 774. The minimum Gasteiger partial charge on any atom is -0.343 e. The van der Waals surface area contributed by atoms with Gasteiger partial charge in [0, 0.05) is 22.6 Å². The fourth-order valence-electron chi connectivity index (χ4n) is 2.19. The standard InChI is InChI=1S/C14H13BrN4O/c1-2-19-8-10(15)6-12(19)14(20)17-11-5-3-4-9-7-16-18-13(9)11/h3-8H,2H2,1H3,(H,16,18)(H,17,20). The molecule has 20 heavy (non-hydrogen) atoms. The van der Waals surface area contributed by atoms with Gasteiger partial charge in [0.05, 0.1) is 17.4 Å². The first-order chi connectivity index (χ1) is 9.69. The third kappa shape index (κ3) is 2.22. The van der Waals surface area contributed by atoms with Gasteiger partial charge < -0.3 is 9.88 Å². The lowest BCUT2D eigenvalue weighted by Crippen LogP contribution is -2.16. The van der Waals surface area contributed by atoms with Crippen molar-refractivity contribution in [3.63, 3.8) is 0 Å². The summed E-state index contributed by atoms with van der Waals surface area (Å²) < 4.78 is 2.79. The third-order valence-electron chi connectivity index (χ3n) is 3.16. The van der Waals surface area contributed by atoms with Crippen molar-refractivity contribution in [1.82, 2.24) is 14.8 Å². The van der Waals surface area contributed by atoms with Gasteiger partial charge in [0.15, 0.2) is 0 Å². The number of aromatic amines is 1. The monoisotopic (exact) mass is 332 g/mol. The topological polar surface area (TPSA) is 62.7 Å². The van der Waals surface area contributed by atoms with Crippen molar-refractivity contribution in [2.45, 2.75) is 13.5 Å². The second-order valence-corrected chi connectivity index (χ2v) is 5.34. The van der Waals surface area contributed by atoms with E-state index in [9.17, 15) is 4.79 Å². The highest BCUT2D eigenvalue weighted by Gasteiger charge is 2.14. The van der Waals surface area contributed by atoms with Gasteiger partial charge in [-0.25, -0.2) is 0 Å². The number of aryl methyl sites for hydroxylation is 1. The minimum atomic E-state index is -0.139. The van der Waals surface area contributed by atoms with Crippen molar-refractivity contribution >= 4 is 38.4 Å². The molecule has 5 nitrogen and oxygen atoms in total. The average molecular weight is 333 g/mol. The Morgan fingerprint density at radius 3 is 3.15 bits per heavy atom. The highest BCUT2D eigenvalue weighted by atomic mass is 79.9. The Labute approximate surface area is 124 Å². The zero-order valence-electron chi connectivity index (χ0n) is 10.9. The zero-order chi connectivity index (χ0) is 14.1. The van der Waals surface area contributed by atoms with Crippen LogP contribution in [0.15, 0.2) is 41.1 Å². The predicted octanol–water partition coefficient (Wildman–Crippen LogP) is 3.40. The normalized spacial score (nSPS) is 10.9. The van der Waals surface area contributed by atoms with E-state index < -0.39 is 0 Å². The first-order valence-corrected chi connectivity index (χ1v) is 7.07. The lowest BCUT2D eigenvalue weighted by Gasteiger charge is -2.08. The van der Waals surface area contributed by atoms with Crippen molar-refractivity contribution in [3.05, 3.63) is 46.8 Å². The van der Waals surface area contributed by atoms with Crippen molar-refractivity contribution < 1.29 is 4.79 Å². The number of halogens is 1.